The van der Waals surface area contributed by atoms with Crippen LogP contribution in [0.15, 0.2) is 24.5 Å². The molecule has 3 rings (SSSR count). The molecule has 2 saturated heterocycles. The molecule has 0 bridgehead atoms. The number of rotatable bonds is 6. The molecule has 0 aromatic carbocycles. The maximum atomic E-state index is 6.25. The zero-order valence-corrected chi connectivity index (χ0v) is 14.5. The number of pyridine rings is 1. The van der Waals surface area contributed by atoms with Gasteiger partial charge in [0.1, 0.15) is 0 Å². The van der Waals surface area contributed by atoms with E-state index >= 15 is 0 Å². The Morgan fingerprint density at radius 3 is 2.91 bits per heavy atom. The monoisotopic (exact) mass is 318 g/mol. The van der Waals surface area contributed by atoms with Gasteiger partial charge in [0.2, 0.25) is 0 Å². The van der Waals surface area contributed by atoms with Crippen LogP contribution >= 0.6 is 0 Å². The summed E-state index contributed by atoms with van der Waals surface area (Å²) >= 11 is 0. The molecule has 23 heavy (non-hydrogen) atoms. The van der Waals surface area contributed by atoms with Crippen LogP contribution in [0.4, 0.5) is 0 Å². The normalized spacial score (nSPS) is 24.6. The van der Waals surface area contributed by atoms with Gasteiger partial charge in [-0.2, -0.15) is 0 Å². The molecule has 4 nitrogen and oxygen atoms in total. The van der Waals surface area contributed by atoms with Crippen molar-refractivity contribution in [3.05, 3.63) is 30.1 Å². The Morgan fingerprint density at radius 2 is 2.22 bits per heavy atom. The van der Waals surface area contributed by atoms with Crippen LogP contribution in [0.25, 0.3) is 0 Å². The smallest absolute Gasteiger partial charge is 0.0736 e. The molecule has 0 aliphatic carbocycles. The van der Waals surface area contributed by atoms with E-state index in [0.717, 1.165) is 25.2 Å². The fourth-order valence-electron chi connectivity index (χ4n) is 4.06. The van der Waals surface area contributed by atoms with Crippen LogP contribution in [0, 0.1) is 5.92 Å². The van der Waals surface area contributed by atoms with Crippen molar-refractivity contribution >= 4 is 0 Å². The van der Waals surface area contributed by atoms with Crippen molar-refractivity contribution in [2.75, 3.05) is 26.3 Å². The first-order valence-electron chi connectivity index (χ1n) is 9.04. The van der Waals surface area contributed by atoms with E-state index in [4.69, 9.17) is 9.47 Å². The minimum atomic E-state index is 0.128. The van der Waals surface area contributed by atoms with Crippen LogP contribution in [0.1, 0.15) is 45.1 Å². The molecule has 3 heterocycles. The Morgan fingerprint density at radius 1 is 1.39 bits per heavy atom. The molecule has 0 saturated carbocycles. The molecule has 1 unspecified atom stereocenters. The summed E-state index contributed by atoms with van der Waals surface area (Å²) in [5.74, 6) is 0.658. The van der Waals surface area contributed by atoms with E-state index in [1.807, 2.05) is 12.3 Å². The molecule has 2 aliphatic heterocycles. The number of ether oxygens (including phenoxy) is 2. The minimum Gasteiger partial charge on any atom is -0.377 e. The van der Waals surface area contributed by atoms with Gasteiger partial charge in [-0.05, 0) is 57.1 Å². The van der Waals surface area contributed by atoms with Gasteiger partial charge in [0, 0.05) is 44.7 Å². The second kappa shape index (κ2) is 7.73. The zero-order valence-electron chi connectivity index (χ0n) is 14.5. The van der Waals surface area contributed by atoms with Gasteiger partial charge in [-0.1, -0.05) is 6.07 Å². The van der Waals surface area contributed by atoms with Gasteiger partial charge in [-0.3, -0.25) is 4.98 Å². The molecule has 2 aliphatic rings. The van der Waals surface area contributed by atoms with Crippen molar-refractivity contribution in [1.29, 1.82) is 0 Å². The van der Waals surface area contributed by atoms with Gasteiger partial charge in [0.25, 0.3) is 0 Å². The van der Waals surface area contributed by atoms with Gasteiger partial charge in [-0.15, -0.1) is 0 Å². The van der Waals surface area contributed by atoms with E-state index in [1.165, 1.54) is 32.4 Å². The van der Waals surface area contributed by atoms with Gasteiger partial charge < -0.3 is 14.4 Å². The van der Waals surface area contributed by atoms with Crippen LogP contribution in [0.5, 0.6) is 0 Å². The number of nitrogens with zero attached hydrogens (tertiary/aromatic N) is 2. The maximum Gasteiger partial charge on any atom is 0.0736 e. The quantitative estimate of drug-likeness (QED) is 0.754. The summed E-state index contributed by atoms with van der Waals surface area (Å²) in [5.41, 5.74) is 1.28. The Kier molecular flexibility index (Phi) is 5.67. The summed E-state index contributed by atoms with van der Waals surface area (Å²) in [6, 6.07) is 4.67. The first-order chi connectivity index (χ1) is 11.2. The lowest BCUT2D eigenvalue weighted by atomic mass is 9.78. The molecule has 128 valence electrons. The molecule has 1 spiro atoms. The van der Waals surface area contributed by atoms with Gasteiger partial charge >= 0.3 is 0 Å². The Labute approximate surface area is 140 Å². The Balaban J connectivity index is 1.44. The lowest BCUT2D eigenvalue weighted by molar-refractivity contribution is -0.0761. The Hall–Kier alpha value is -0.970. The molecular formula is C19H30N2O2. The van der Waals surface area contributed by atoms with Crippen molar-refractivity contribution in [3.8, 4) is 0 Å². The van der Waals surface area contributed by atoms with Gasteiger partial charge in [0.05, 0.1) is 12.2 Å². The van der Waals surface area contributed by atoms with Crippen LogP contribution in [-0.2, 0) is 16.1 Å². The minimum absolute atomic E-state index is 0.128. The highest BCUT2D eigenvalue weighted by Crippen LogP contribution is 2.42. The van der Waals surface area contributed by atoms with Gasteiger partial charge in [-0.25, -0.2) is 0 Å². The summed E-state index contributed by atoms with van der Waals surface area (Å²) in [6.07, 6.45) is 8.34. The first kappa shape index (κ1) is 16.9. The molecular weight excluding hydrogens is 288 g/mol. The molecule has 1 atom stereocenters. The summed E-state index contributed by atoms with van der Waals surface area (Å²) < 4.78 is 12.1. The van der Waals surface area contributed by atoms with E-state index in [-0.39, 0.29) is 5.60 Å². The molecule has 2 fully saturated rings. The first-order valence-corrected chi connectivity index (χ1v) is 9.04. The van der Waals surface area contributed by atoms with Crippen molar-refractivity contribution in [3.63, 3.8) is 0 Å². The predicted octanol–water partition coefficient (Wildman–Crippen LogP) is 3.27. The van der Waals surface area contributed by atoms with Crippen molar-refractivity contribution < 1.29 is 9.47 Å². The van der Waals surface area contributed by atoms with E-state index in [0.29, 0.717) is 18.6 Å². The average Bonchev–Trinajstić information content (AvgIpc) is 2.95. The number of piperidine rings is 1. The van der Waals surface area contributed by atoms with Crippen molar-refractivity contribution in [1.82, 2.24) is 9.88 Å². The summed E-state index contributed by atoms with van der Waals surface area (Å²) in [4.78, 5) is 6.70. The summed E-state index contributed by atoms with van der Waals surface area (Å²) in [7, 11) is 0. The topological polar surface area (TPSA) is 34.6 Å². The van der Waals surface area contributed by atoms with E-state index in [2.05, 4.69) is 29.8 Å². The number of hydrogen-bond acceptors (Lipinski definition) is 4. The van der Waals surface area contributed by atoms with Crippen LogP contribution < -0.4 is 0 Å². The third-order valence-corrected chi connectivity index (χ3v) is 5.58. The lowest BCUT2D eigenvalue weighted by Gasteiger charge is -2.43. The highest BCUT2D eigenvalue weighted by Gasteiger charge is 2.45. The largest absolute Gasteiger partial charge is 0.377 e. The molecule has 4 heteroatoms. The molecule has 0 radical (unpaired) electrons. The molecule has 0 N–H and O–H groups in total. The van der Waals surface area contributed by atoms with E-state index in [1.54, 1.807) is 6.20 Å². The van der Waals surface area contributed by atoms with Crippen molar-refractivity contribution in [2.24, 2.45) is 5.92 Å². The van der Waals surface area contributed by atoms with Crippen LogP contribution in [0.3, 0.4) is 0 Å². The highest BCUT2D eigenvalue weighted by atomic mass is 16.5. The fraction of sp³-hybridized carbons (Fsp3) is 0.737. The highest BCUT2D eigenvalue weighted by molar-refractivity contribution is 5.06. The second-order valence-electron chi connectivity index (χ2n) is 7.23. The van der Waals surface area contributed by atoms with Crippen LogP contribution in [-0.4, -0.2) is 47.8 Å². The molecule has 0 amide bonds. The van der Waals surface area contributed by atoms with E-state index < -0.39 is 0 Å². The number of likely N-dealkylation sites (tertiary alicyclic amines) is 1. The fourth-order valence-corrected chi connectivity index (χ4v) is 4.06. The maximum absolute atomic E-state index is 6.25. The summed E-state index contributed by atoms with van der Waals surface area (Å²) in [6.45, 7) is 9.33. The standard InChI is InChI=1S/C19H30N2O2/c1-16(2)21-10-7-19(8-11-21)18(6-13-23-19)5-12-22-15-17-4-3-9-20-14-17/h3-4,9,14,16,18H,5-8,10-13,15H2,1-2H3. The second-order valence-corrected chi connectivity index (χ2v) is 7.23. The number of hydrogen-bond donors (Lipinski definition) is 0. The average molecular weight is 318 g/mol. The number of aromatic nitrogens is 1. The molecule has 1 aromatic rings. The van der Waals surface area contributed by atoms with Crippen LogP contribution in [0.2, 0.25) is 0 Å². The van der Waals surface area contributed by atoms with Gasteiger partial charge in [0.15, 0.2) is 0 Å². The molecule has 1 aromatic heterocycles. The third-order valence-electron chi connectivity index (χ3n) is 5.58. The van der Waals surface area contributed by atoms with Crippen molar-refractivity contribution in [2.45, 2.75) is 57.8 Å². The Bertz CT molecular complexity index is 470. The SMILES string of the molecule is CC(C)N1CCC2(CC1)OCCC2CCOCc1cccnc1. The zero-order chi connectivity index (χ0) is 16.1. The third kappa shape index (κ3) is 4.11. The summed E-state index contributed by atoms with van der Waals surface area (Å²) in [5, 5.41) is 0. The predicted molar refractivity (Wildman–Crippen MR) is 91.2 cm³/mol. The van der Waals surface area contributed by atoms with E-state index in [9.17, 15) is 0 Å². The lowest BCUT2D eigenvalue weighted by Crippen LogP contribution is -2.49.